The van der Waals surface area contributed by atoms with Crippen molar-refractivity contribution >= 4 is 0 Å². The fourth-order valence-electron chi connectivity index (χ4n) is 1.85. The van der Waals surface area contributed by atoms with E-state index >= 15 is 0 Å². The van der Waals surface area contributed by atoms with Crippen molar-refractivity contribution in [1.82, 2.24) is 0 Å². The fourth-order valence-corrected chi connectivity index (χ4v) is 1.85. The molecule has 1 heterocycles. The summed E-state index contributed by atoms with van der Waals surface area (Å²) in [6.07, 6.45) is 6.02. The Balaban J connectivity index is 2.11. The zero-order chi connectivity index (χ0) is 7.84. The lowest BCUT2D eigenvalue weighted by molar-refractivity contribution is -0.0530. The van der Waals surface area contributed by atoms with Crippen LogP contribution in [0.4, 0.5) is 0 Å². The molecule has 0 saturated carbocycles. The van der Waals surface area contributed by atoms with E-state index in [1.807, 2.05) is 6.92 Å². The van der Waals surface area contributed by atoms with Crippen molar-refractivity contribution in [2.45, 2.75) is 38.8 Å². The molecule has 0 aromatic rings. The fraction of sp³-hybridized carbons (Fsp3) is 0.778. The Morgan fingerprint density at radius 3 is 2.82 bits per heavy atom. The number of rotatable bonds is 0. The summed E-state index contributed by atoms with van der Waals surface area (Å²) in [7, 11) is 0. The van der Waals surface area contributed by atoms with E-state index in [-0.39, 0.29) is 6.29 Å². The van der Waals surface area contributed by atoms with Crippen LogP contribution in [-0.2, 0) is 9.47 Å². The standard InChI is InChI=1S/C9H14O2/c1-6-4-3-5-8-9(6)11-7(2)10-8/h3-4,6-9H,5H2,1-2H3/t6-,7+,8?,9-/m0/s1. The second kappa shape index (κ2) is 2.61. The molecule has 2 heteroatoms. The number of hydrogen-bond acceptors (Lipinski definition) is 2. The molecule has 11 heavy (non-hydrogen) atoms. The minimum atomic E-state index is -0.00708. The van der Waals surface area contributed by atoms with Gasteiger partial charge in [0.1, 0.15) is 0 Å². The SMILES string of the molecule is C[C@@H]1OC2CC=C[C@H](C)[C@@H]2O1. The number of fused-ring (bicyclic) bond motifs is 1. The van der Waals surface area contributed by atoms with Crippen molar-refractivity contribution in [1.29, 1.82) is 0 Å². The Kier molecular flexibility index (Phi) is 1.74. The van der Waals surface area contributed by atoms with E-state index in [1.165, 1.54) is 0 Å². The minimum Gasteiger partial charge on any atom is -0.347 e. The Hall–Kier alpha value is -0.340. The highest BCUT2D eigenvalue weighted by Crippen LogP contribution is 2.31. The van der Waals surface area contributed by atoms with E-state index in [9.17, 15) is 0 Å². The first-order valence-corrected chi connectivity index (χ1v) is 4.25. The van der Waals surface area contributed by atoms with E-state index in [2.05, 4.69) is 19.1 Å². The van der Waals surface area contributed by atoms with Crippen molar-refractivity contribution in [3.05, 3.63) is 12.2 Å². The van der Waals surface area contributed by atoms with E-state index in [0.29, 0.717) is 18.1 Å². The second-order valence-corrected chi connectivity index (χ2v) is 3.37. The van der Waals surface area contributed by atoms with Crippen LogP contribution in [-0.4, -0.2) is 18.5 Å². The van der Waals surface area contributed by atoms with Gasteiger partial charge in [-0.2, -0.15) is 0 Å². The monoisotopic (exact) mass is 154 g/mol. The summed E-state index contributed by atoms with van der Waals surface area (Å²) in [5, 5.41) is 0. The highest BCUT2D eigenvalue weighted by atomic mass is 16.7. The third-order valence-corrected chi connectivity index (χ3v) is 2.41. The summed E-state index contributed by atoms with van der Waals surface area (Å²) in [5.41, 5.74) is 0. The Morgan fingerprint density at radius 2 is 2.09 bits per heavy atom. The smallest absolute Gasteiger partial charge is 0.155 e. The molecule has 0 bridgehead atoms. The number of hydrogen-bond donors (Lipinski definition) is 0. The second-order valence-electron chi connectivity index (χ2n) is 3.37. The third kappa shape index (κ3) is 1.21. The summed E-state index contributed by atoms with van der Waals surface area (Å²) in [5.74, 6) is 0.513. The van der Waals surface area contributed by atoms with Gasteiger partial charge in [-0.05, 0) is 13.3 Å². The molecule has 0 aromatic heterocycles. The van der Waals surface area contributed by atoms with Gasteiger partial charge in [0, 0.05) is 5.92 Å². The van der Waals surface area contributed by atoms with Crippen LogP contribution in [0.5, 0.6) is 0 Å². The van der Waals surface area contributed by atoms with Crippen LogP contribution in [0.2, 0.25) is 0 Å². The van der Waals surface area contributed by atoms with Crippen molar-refractivity contribution in [2.75, 3.05) is 0 Å². The highest BCUT2D eigenvalue weighted by Gasteiger charge is 2.37. The van der Waals surface area contributed by atoms with Crippen molar-refractivity contribution in [3.8, 4) is 0 Å². The molecule has 2 rings (SSSR count). The topological polar surface area (TPSA) is 18.5 Å². The van der Waals surface area contributed by atoms with Crippen LogP contribution < -0.4 is 0 Å². The Labute approximate surface area is 67.2 Å². The minimum absolute atomic E-state index is 0.00708. The lowest BCUT2D eigenvalue weighted by Crippen LogP contribution is -2.30. The van der Waals surface area contributed by atoms with E-state index < -0.39 is 0 Å². The van der Waals surface area contributed by atoms with Gasteiger partial charge in [0.05, 0.1) is 12.2 Å². The van der Waals surface area contributed by atoms with Gasteiger partial charge < -0.3 is 9.47 Å². The quantitative estimate of drug-likeness (QED) is 0.494. The molecule has 2 nitrogen and oxygen atoms in total. The van der Waals surface area contributed by atoms with Gasteiger partial charge in [-0.15, -0.1) is 0 Å². The first kappa shape index (κ1) is 7.32. The average molecular weight is 154 g/mol. The summed E-state index contributed by atoms with van der Waals surface area (Å²) < 4.78 is 11.2. The van der Waals surface area contributed by atoms with Crippen molar-refractivity contribution < 1.29 is 9.47 Å². The first-order chi connectivity index (χ1) is 5.27. The average Bonchev–Trinajstić information content (AvgIpc) is 2.31. The molecule has 1 unspecified atom stereocenters. The predicted octanol–water partition coefficient (Wildman–Crippen LogP) is 1.71. The highest BCUT2D eigenvalue weighted by molar-refractivity contribution is 5.02. The molecule has 62 valence electrons. The molecule has 1 saturated heterocycles. The summed E-state index contributed by atoms with van der Waals surface area (Å²) >= 11 is 0. The third-order valence-electron chi connectivity index (χ3n) is 2.41. The van der Waals surface area contributed by atoms with Gasteiger partial charge in [0.25, 0.3) is 0 Å². The summed E-state index contributed by atoms with van der Waals surface area (Å²) in [4.78, 5) is 0. The normalized spacial score (nSPS) is 49.3. The maximum Gasteiger partial charge on any atom is 0.155 e. The molecular weight excluding hydrogens is 140 g/mol. The van der Waals surface area contributed by atoms with E-state index in [4.69, 9.17) is 9.47 Å². The molecule has 1 aliphatic heterocycles. The van der Waals surface area contributed by atoms with Crippen LogP contribution in [0, 0.1) is 5.92 Å². The van der Waals surface area contributed by atoms with Gasteiger partial charge >= 0.3 is 0 Å². The molecule has 0 spiro atoms. The van der Waals surface area contributed by atoms with Crippen LogP contribution in [0.3, 0.4) is 0 Å². The Bertz CT molecular complexity index is 176. The summed E-state index contributed by atoms with van der Waals surface area (Å²) in [6.45, 7) is 4.14. The molecule has 1 fully saturated rings. The molecule has 0 amide bonds. The molecule has 0 aromatic carbocycles. The maximum atomic E-state index is 5.60. The molecule has 1 aliphatic carbocycles. The van der Waals surface area contributed by atoms with Gasteiger partial charge in [0.15, 0.2) is 6.29 Å². The molecule has 0 radical (unpaired) electrons. The summed E-state index contributed by atoms with van der Waals surface area (Å²) in [6, 6.07) is 0. The van der Waals surface area contributed by atoms with Gasteiger partial charge in [-0.1, -0.05) is 19.1 Å². The van der Waals surface area contributed by atoms with Crippen LogP contribution >= 0.6 is 0 Å². The zero-order valence-electron chi connectivity index (χ0n) is 6.99. The van der Waals surface area contributed by atoms with Gasteiger partial charge in [0.2, 0.25) is 0 Å². The van der Waals surface area contributed by atoms with Crippen LogP contribution in [0.25, 0.3) is 0 Å². The maximum absolute atomic E-state index is 5.60. The van der Waals surface area contributed by atoms with Crippen LogP contribution in [0.1, 0.15) is 20.3 Å². The molecule has 2 aliphatic rings. The largest absolute Gasteiger partial charge is 0.347 e. The lowest BCUT2D eigenvalue weighted by atomic mass is 9.92. The molecule has 0 N–H and O–H groups in total. The van der Waals surface area contributed by atoms with Crippen molar-refractivity contribution in [3.63, 3.8) is 0 Å². The van der Waals surface area contributed by atoms with E-state index in [0.717, 1.165) is 6.42 Å². The van der Waals surface area contributed by atoms with E-state index in [1.54, 1.807) is 0 Å². The first-order valence-electron chi connectivity index (χ1n) is 4.25. The predicted molar refractivity (Wildman–Crippen MR) is 42.1 cm³/mol. The lowest BCUT2D eigenvalue weighted by Gasteiger charge is -2.23. The molecule has 4 atom stereocenters. The van der Waals surface area contributed by atoms with Crippen LogP contribution in [0.15, 0.2) is 12.2 Å². The number of ether oxygens (including phenoxy) is 2. The van der Waals surface area contributed by atoms with Gasteiger partial charge in [-0.25, -0.2) is 0 Å². The zero-order valence-corrected chi connectivity index (χ0v) is 6.99. The molecular formula is C9H14O2. The Morgan fingerprint density at radius 1 is 1.27 bits per heavy atom. The van der Waals surface area contributed by atoms with Gasteiger partial charge in [-0.3, -0.25) is 0 Å². The van der Waals surface area contributed by atoms with Crippen molar-refractivity contribution in [2.24, 2.45) is 5.92 Å².